The fourth-order valence-electron chi connectivity index (χ4n) is 0.604. The molecular weight excluding hydrogens is 142 g/mol. The van der Waals surface area contributed by atoms with E-state index in [-0.39, 0.29) is 0 Å². The zero-order valence-electron chi connectivity index (χ0n) is 6.03. The standard InChI is InChI=1S/C7H7N3O/c1-10-5-4-9-7(10)3-2-6(8)11/h4-5H,1H3,(H2,8,11). The van der Waals surface area contributed by atoms with Crippen molar-refractivity contribution in [3.63, 3.8) is 0 Å². The van der Waals surface area contributed by atoms with Crippen LogP contribution in [0.5, 0.6) is 0 Å². The van der Waals surface area contributed by atoms with Crippen LogP contribution in [0.1, 0.15) is 5.82 Å². The van der Waals surface area contributed by atoms with Crippen molar-refractivity contribution in [1.82, 2.24) is 9.55 Å². The first-order valence-electron chi connectivity index (χ1n) is 2.99. The summed E-state index contributed by atoms with van der Waals surface area (Å²) in [6, 6.07) is 0. The van der Waals surface area contributed by atoms with Crippen molar-refractivity contribution in [3.05, 3.63) is 18.2 Å². The summed E-state index contributed by atoms with van der Waals surface area (Å²) in [5.41, 5.74) is 4.81. The highest BCUT2D eigenvalue weighted by Crippen LogP contribution is 1.89. The maximum Gasteiger partial charge on any atom is 0.293 e. The Bertz CT molecular complexity index is 329. The molecule has 1 aromatic rings. The molecule has 0 aliphatic rings. The lowest BCUT2D eigenvalue weighted by molar-refractivity contribution is -0.112. The predicted octanol–water partition coefficient (Wildman–Crippen LogP) is -0.743. The summed E-state index contributed by atoms with van der Waals surface area (Å²) in [6.45, 7) is 0. The molecule has 0 radical (unpaired) electrons. The highest BCUT2D eigenvalue weighted by atomic mass is 16.1. The summed E-state index contributed by atoms with van der Waals surface area (Å²) in [5.74, 6) is 4.60. The Kier molecular flexibility index (Phi) is 1.93. The van der Waals surface area contributed by atoms with Crippen LogP contribution in [0.15, 0.2) is 12.4 Å². The van der Waals surface area contributed by atoms with Gasteiger partial charge in [0.15, 0.2) is 5.82 Å². The van der Waals surface area contributed by atoms with Gasteiger partial charge in [0, 0.05) is 25.4 Å². The third-order valence-electron chi connectivity index (χ3n) is 1.12. The summed E-state index contributed by atoms with van der Waals surface area (Å²) in [7, 11) is 1.79. The van der Waals surface area contributed by atoms with Crippen LogP contribution in [0, 0.1) is 11.8 Å². The van der Waals surface area contributed by atoms with Crippen LogP contribution in [-0.4, -0.2) is 15.5 Å². The number of aromatic nitrogens is 2. The summed E-state index contributed by atoms with van der Waals surface area (Å²) >= 11 is 0. The lowest BCUT2D eigenvalue weighted by Gasteiger charge is -1.87. The maximum atomic E-state index is 10.2. The normalized spacial score (nSPS) is 8.45. The minimum Gasteiger partial charge on any atom is -0.359 e. The third-order valence-corrected chi connectivity index (χ3v) is 1.12. The van der Waals surface area contributed by atoms with Gasteiger partial charge < -0.3 is 10.3 Å². The summed E-state index contributed by atoms with van der Waals surface area (Å²) in [5, 5.41) is 0. The fourth-order valence-corrected chi connectivity index (χ4v) is 0.604. The van der Waals surface area contributed by atoms with E-state index in [2.05, 4.69) is 16.8 Å². The second kappa shape index (κ2) is 2.88. The zero-order chi connectivity index (χ0) is 8.27. The number of nitrogens with two attached hydrogens (primary N) is 1. The predicted molar refractivity (Wildman–Crippen MR) is 39.3 cm³/mol. The fraction of sp³-hybridized carbons (Fsp3) is 0.143. The van der Waals surface area contributed by atoms with E-state index in [0.29, 0.717) is 5.82 Å². The number of nitrogens with zero attached hydrogens (tertiary/aromatic N) is 2. The number of amides is 1. The number of rotatable bonds is 0. The number of imidazole rings is 1. The van der Waals surface area contributed by atoms with Crippen molar-refractivity contribution >= 4 is 5.91 Å². The van der Waals surface area contributed by atoms with Gasteiger partial charge in [0.1, 0.15) is 0 Å². The van der Waals surface area contributed by atoms with Crippen LogP contribution in [0.2, 0.25) is 0 Å². The molecule has 0 saturated carbocycles. The number of aryl methyl sites for hydroxylation is 1. The molecule has 4 heteroatoms. The van der Waals surface area contributed by atoms with Gasteiger partial charge in [0.2, 0.25) is 0 Å². The molecule has 0 unspecified atom stereocenters. The van der Waals surface area contributed by atoms with Crippen LogP contribution < -0.4 is 5.73 Å². The Morgan fingerprint density at radius 2 is 2.55 bits per heavy atom. The molecule has 0 aromatic carbocycles. The first-order valence-corrected chi connectivity index (χ1v) is 2.99. The van der Waals surface area contributed by atoms with E-state index in [1.54, 1.807) is 24.0 Å². The van der Waals surface area contributed by atoms with Gasteiger partial charge in [-0.05, 0) is 5.92 Å². The van der Waals surface area contributed by atoms with Crippen LogP contribution in [0.25, 0.3) is 0 Å². The highest BCUT2D eigenvalue weighted by Gasteiger charge is 1.91. The Morgan fingerprint density at radius 3 is 3.00 bits per heavy atom. The molecule has 0 bridgehead atoms. The molecule has 1 aromatic heterocycles. The minimum absolute atomic E-state index is 0.531. The molecule has 0 saturated heterocycles. The van der Waals surface area contributed by atoms with Crippen molar-refractivity contribution in [2.75, 3.05) is 0 Å². The Balaban J connectivity index is 2.90. The van der Waals surface area contributed by atoms with Gasteiger partial charge in [-0.2, -0.15) is 0 Å². The van der Waals surface area contributed by atoms with E-state index in [4.69, 9.17) is 5.73 Å². The quantitative estimate of drug-likeness (QED) is 0.494. The van der Waals surface area contributed by atoms with Gasteiger partial charge in [-0.3, -0.25) is 4.79 Å². The van der Waals surface area contributed by atoms with Gasteiger partial charge in [-0.15, -0.1) is 0 Å². The smallest absolute Gasteiger partial charge is 0.293 e. The first kappa shape index (κ1) is 7.35. The van der Waals surface area contributed by atoms with Crippen LogP contribution in [0.3, 0.4) is 0 Å². The molecule has 0 atom stereocenters. The van der Waals surface area contributed by atoms with Crippen LogP contribution in [0.4, 0.5) is 0 Å². The molecule has 56 valence electrons. The third kappa shape index (κ3) is 1.83. The van der Waals surface area contributed by atoms with Gasteiger partial charge in [-0.25, -0.2) is 4.98 Å². The first-order chi connectivity index (χ1) is 5.20. The summed E-state index contributed by atoms with van der Waals surface area (Å²) < 4.78 is 1.70. The van der Waals surface area contributed by atoms with Gasteiger partial charge in [0.05, 0.1) is 0 Å². The van der Waals surface area contributed by atoms with Crippen LogP contribution >= 0.6 is 0 Å². The van der Waals surface area contributed by atoms with E-state index >= 15 is 0 Å². The topological polar surface area (TPSA) is 60.9 Å². The molecule has 1 heterocycles. The van der Waals surface area contributed by atoms with Crippen molar-refractivity contribution in [1.29, 1.82) is 0 Å². The molecule has 1 amide bonds. The van der Waals surface area contributed by atoms with Crippen molar-refractivity contribution < 1.29 is 4.79 Å². The highest BCUT2D eigenvalue weighted by molar-refractivity contribution is 5.92. The Hall–Kier alpha value is -1.76. The molecular formula is C7H7N3O. The van der Waals surface area contributed by atoms with Crippen molar-refractivity contribution in [2.24, 2.45) is 12.8 Å². The number of carbonyl (C=O) groups is 1. The number of primary amides is 1. The Morgan fingerprint density at radius 1 is 1.82 bits per heavy atom. The molecule has 0 aliphatic carbocycles. The lowest BCUT2D eigenvalue weighted by Crippen LogP contribution is -2.06. The number of carbonyl (C=O) groups excluding carboxylic acids is 1. The molecule has 0 fully saturated rings. The lowest BCUT2D eigenvalue weighted by atomic mass is 10.5. The van der Waals surface area contributed by atoms with Crippen LogP contribution in [-0.2, 0) is 11.8 Å². The number of hydrogen-bond donors (Lipinski definition) is 1. The van der Waals surface area contributed by atoms with E-state index in [1.165, 1.54) is 0 Å². The second-order valence-corrected chi connectivity index (χ2v) is 1.98. The van der Waals surface area contributed by atoms with E-state index < -0.39 is 5.91 Å². The van der Waals surface area contributed by atoms with E-state index in [0.717, 1.165) is 0 Å². The van der Waals surface area contributed by atoms with E-state index in [9.17, 15) is 4.79 Å². The van der Waals surface area contributed by atoms with Crippen molar-refractivity contribution in [2.45, 2.75) is 0 Å². The van der Waals surface area contributed by atoms with Gasteiger partial charge in [-0.1, -0.05) is 0 Å². The average Bonchev–Trinajstić information content (AvgIpc) is 2.31. The molecule has 0 aliphatic heterocycles. The summed E-state index contributed by atoms with van der Waals surface area (Å²) in [6.07, 6.45) is 3.34. The molecule has 4 nitrogen and oxygen atoms in total. The van der Waals surface area contributed by atoms with E-state index in [1.807, 2.05) is 0 Å². The molecule has 11 heavy (non-hydrogen) atoms. The van der Waals surface area contributed by atoms with Gasteiger partial charge in [0.25, 0.3) is 5.91 Å². The second-order valence-electron chi connectivity index (χ2n) is 1.98. The zero-order valence-corrected chi connectivity index (χ0v) is 6.03. The SMILES string of the molecule is Cn1ccnc1C#CC(N)=O. The average molecular weight is 149 g/mol. The maximum absolute atomic E-state index is 10.2. The molecule has 0 spiro atoms. The monoisotopic (exact) mass is 149 g/mol. The van der Waals surface area contributed by atoms with Crippen molar-refractivity contribution in [3.8, 4) is 11.8 Å². The largest absolute Gasteiger partial charge is 0.359 e. The Labute approximate surface area is 64.0 Å². The number of hydrogen-bond acceptors (Lipinski definition) is 2. The minimum atomic E-state index is -0.645. The molecule has 2 N–H and O–H groups in total. The van der Waals surface area contributed by atoms with Gasteiger partial charge >= 0.3 is 0 Å². The molecule has 1 rings (SSSR count). The summed E-state index contributed by atoms with van der Waals surface area (Å²) in [4.78, 5) is 14.1.